The molecule has 28 heavy (non-hydrogen) atoms. The summed E-state index contributed by atoms with van der Waals surface area (Å²) in [6, 6.07) is 15.4. The molecule has 0 atom stereocenters. The van der Waals surface area contributed by atoms with E-state index in [0.29, 0.717) is 24.7 Å². The monoisotopic (exact) mass is 372 g/mol. The molecule has 0 saturated heterocycles. The highest BCUT2D eigenvalue weighted by molar-refractivity contribution is 5.92. The molecule has 1 amide bonds. The largest absolute Gasteiger partial charge is 0.361 e. The Morgan fingerprint density at radius 2 is 1.89 bits per heavy atom. The number of nitrogens with zero attached hydrogens (tertiary/aromatic N) is 3. The Morgan fingerprint density at radius 1 is 1.00 bits per heavy atom. The van der Waals surface area contributed by atoms with E-state index in [4.69, 9.17) is 0 Å². The molecule has 7 heteroatoms. The second-order valence-electron chi connectivity index (χ2n) is 6.31. The van der Waals surface area contributed by atoms with Crippen LogP contribution in [0.2, 0.25) is 0 Å². The molecule has 0 spiro atoms. The molecular weight excluding hydrogens is 352 g/mol. The third-order valence-electron chi connectivity index (χ3n) is 4.40. The summed E-state index contributed by atoms with van der Waals surface area (Å²) >= 11 is 0. The van der Waals surface area contributed by atoms with Crippen molar-refractivity contribution in [2.45, 2.75) is 13.0 Å². The fraction of sp³-hybridized carbons (Fsp3) is 0.143. The molecule has 0 bridgehead atoms. The maximum atomic E-state index is 12.4. The van der Waals surface area contributed by atoms with E-state index in [1.807, 2.05) is 42.6 Å². The van der Waals surface area contributed by atoms with Crippen molar-refractivity contribution < 1.29 is 4.79 Å². The maximum absolute atomic E-state index is 12.4. The zero-order chi connectivity index (χ0) is 19.2. The first-order valence-electron chi connectivity index (χ1n) is 9.09. The lowest BCUT2D eigenvalue weighted by molar-refractivity contribution is 0.0949. The number of aromatic amines is 1. The summed E-state index contributed by atoms with van der Waals surface area (Å²) < 4.78 is 0. The van der Waals surface area contributed by atoms with Crippen LogP contribution in [0, 0.1) is 0 Å². The Hall–Kier alpha value is -3.74. The molecule has 0 aliphatic carbocycles. The summed E-state index contributed by atoms with van der Waals surface area (Å²) in [4.78, 5) is 28.3. The Labute approximate surface area is 162 Å². The molecule has 4 rings (SSSR count). The normalized spacial score (nSPS) is 10.7. The SMILES string of the molecule is O=C(NCCc1c[nH]c2ccccc12)c1ccnc(NCc2ccccn2)n1. The van der Waals surface area contributed by atoms with Crippen molar-refractivity contribution in [2.24, 2.45) is 0 Å². The van der Waals surface area contributed by atoms with Crippen LogP contribution in [0.5, 0.6) is 0 Å². The Bertz CT molecular complexity index is 1080. The number of anilines is 1. The number of H-pyrrole nitrogens is 1. The molecule has 0 saturated carbocycles. The van der Waals surface area contributed by atoms with Gasteiger partial charge in [-0.2, -0.15) is 0 Å². The van der Waals surface area contributed by atoms with Crippen LogP contribution in [0.3, 0.4) is 0 Å². The minimum absolute atomic E-state index is 0.219. The zero-order valence-corrected chi connectivity index (χ0v) is 15.2. The molecule has 0 aliphatic heterocycles. The summed E-state index contributed by atoms with van der Waals surface area (Å²) in [5.41, 5.74) is 3.48. The number of aromatic nitrogens is 4. The number of benzene rings is 1. The molecule has 4 aromatic rings. The third kappa shape index (κ3) is 4.15. The quantitative estimate of drug-likeness (QED) is 0.464. The standard InChI is InChI=1S/C21H20N6O/c28-20(23-11-8-15-13-25-18-7-2-1-6-17(15)18)19-9-12-24-21(27-19)26-14-16-5-3-4-10-22-16/h1-7,9-10,12-13,25H,8,11,14H2,(H,23,28)(H,24,26,27). The number of amides is 1. The van der Waals surface area contributed by atoms with Crippen molar-refractivity contribution in [2.75, 3.05) is 11.9 Å². The number of nitrogens with one attached hydrogen (secondary N) is 3. The average molecular weight is 372 g/mol. The van der Waals surface area contributed by atoms with E-state index in [-0.39, 0.29) is 5.91 Å². The highest BCUT2D eigenvalue weighted by Crippen LogP contribution is 2.17. The number of hydrogen-bond donors (Lipinski definition) is 3. The number of carbonyl (C=O) groups is 1. The van der Waals surface area contributed by atoms with E-state index in [9.17, 15) is 4.79 Å². The maximum Gasteiger partial charge on any atom is 0.270 e. The minimum Gasteiger partial charge on any atom is -0.361 e. The van der Waals surface area contributed by atoms with Crippen LogP contribution >= 0.6 is 0 Å². The van der Waals surface area contributed by atoms with Gasteiger partial charge < -0.3 is 15.6 Å². The summed E-state index contributed by atoms with van der Waals surface area (Å²) in [5, 5.41) is 7.19. The van der Waals surface area contributed by atoms with Crippen molar-refractivity contribution in [1.29, 1.82) is 0 Å². The van der Waals surface area contributed by atoms with E-state index in [2.05, 4.69) is 36.6 Å². The second kappa shape index (κ2) is 8.30. The minimum atomic E-state index is -0.219. The van der Waals surface area contributed by atoms with Gasteiger partial charge in [-0.15, -0.1) is 0 Å². The van der Waals surface area contributed by atoms with Crippen molar-refractivity contribution in [1.82, 2.24) is 25.3 Å². The first-order valence-corrected chi connectivity index (χ1v) is 9.09. The van der Waals surface area contributed by atoms with Crippen LogP contribution in [0.15, 0.2) is 67.1 Å². The lowest BCUT2D eigenvalue weighted by atomic mass is 10.1. The highest BCUT2D eigenvalue weighted by atomic mass is 16.1. The predicted octanol–water partition coefficient (Wildman–Crippen LogP) is 2.94. The van der Waals surface area contributed by atoms with E-state index in [1.165, 1.54) is 10.9 Å². The molecule has 0 unspecified atom stereocenters. The van der Waals surface area contributed by atoms with Crippen LogP contribution < -0.4 is 10.6 Å². The highest BCUT2D eigenvalue weighted by Gasteiger charge is 2.09. The fourth-order valence-electron chi connectivity index (χ4n) is 2.98. The first-order chi connectivity index (χ1) is 13.8. The molecule has 140 valence electrons. The van der Waals surface area contributed by atoms with Crippen molar-refractivity contribution in [3.8, 4) is 0 Å². The van der Waals surface area contributed by atoms with Gasteiger partial charge in [0.05, 0.1) is 12.2 Å². The van der Waals surface area contributed by atoms with Gasteiger partial charge in [0, 0.05) is 36.0 Å². The molecule has 0 radical (unpaired) electrons. The third-order valence-corrected chi connectivity index (χ3v) is 4.40. The average Bonchev–Trinajstić information content (AvgIpc) is 3.16. The number of carbonyl (C=O) groups excluding carboxylic acids is 1. The second-order valence-corrected chi connectivity index (χ2v) is 6.31. The van der Waals surface area contributed by atoms with E-state index in [1.54, 1.807) is 18.5 Å². The Morgan fingerprint density at radius 3 is 2.79 bits per heavy atom. The molecule has 0 fully saturated rings. The van der Waals surface area contributed by atoms with Crippen LogP contribution in [-0.2, 0) is 13.0 Å². The van der Waals surface area contributed by atoms with Crippen LogP contribution in [0.4, 0.5) is 5.95 Å². The van der Waals surface area contributed by atoms with Gasteiger partial charge in [0.15, 0.2) is 0 Å². The van der Waals surface area contributed by atoms with Gasteiger partial charge in [-0.05, 0) is 36.2 Å². The van der Waals surface area contributed by atoms with Crippen molar-refractivity contribution in [3.63, 3.8) is 0 Å². The fourth-order valence-corrected chi connectivity index (χ4v) is 2.98. The topological polar surface area (TPSA) is 95.6 Å². The van der Waals surface area contributed by atoms with E-state index < -0.39 is 0 Å². The lowest BCUT2D eigenvalue weighted by Gasteiger charge is -2.07. The van der Waals surface area contributed by atoms with Crippen molar-refractivity contribution >= 4 is 22.8 Å². The summed E-state index contributed by atoms with van der Waals surface area (Å²) in [6.45, 7) is 1.02. The summed E-state index contributed by atoms with van der Waals surface area (Å²) in [7, 11) is 0. The van der Waals surface area contributed by atoms with Gasteiger partial charge >= 0.3 is 0 Å². The van der Waals surface area contributed by atoms with E-state index in [0.717, 1.165) is 17.6 Å². The molecule has 1 aromatic carbocycles. The van der Waals surface area contributed by atoms with Crippen LogP contribution in [0.1, 0.15) is 21.7 Å². The van der Waals surface area contributed by atoms with Gasteiger partial charge in [-0.3, -0.25) is 9.78 Å². The van der Waals surface area contributed by atoms with Gasteiger partial charge in [-0.1, -0.05) is 24.3 Å². The van der Waals surface area contributed by atoms with Gasteiger partial charge in [-0.25, -0.2) is 9.97 Å². The van der Waals surface area contributed by atoms with Crippen LogP contribution in [-0.4, -0.2) is 32.4 Å². The number of hydrogen-bond acceptors (Lipinski definition) is 5. The number of fused-ring (bicyclic) bond motifs is 1. The van der Waals surface area contributed by atoms with E-state index >= 15 is 0 Å². The van der Waals surface area contributed by atoms with Gasteiger partial charge in [0.25, 0.3) is 5.91 Å². The van der Waals surface area contributed by atoms with Crippen molar-refractivity contribution in [3.05, 3.63) is 84.1 Å². The smallest absolute Gasteiger partial charge is 0.270 e. The lowest BCUT2D eigenvalue weighted by Crippen LogP contribution is -2.26. The first kappa shape index (κ1) is 17.7. The predicted molar refractivity (Wildman–Crippen MR) is 108 cm³/mol. The molecule has 3 heterocycles. The number of pyridine rings is 1. The molecule has 3 N–H and O–H groups in total. The molecular formula is C21H20N6O. The molecule has 7 nitrogen and oxygen atoms in total. The molecule has 3 aromatic heterocycles. The number of para-hydroxylation sites is 1. The Balaban J connectivity index is 1.33. The van der Waals surface area contributed by atoms with Gasteiger partial charge in [0.2, 0.25) is 5.95 Å². The number of rotatable bonds is 7. The summed E-state index contributed by atoms with van der Waals surface area (Å²) in [5.74, 6) is 0.179. The zero-order valence-electron chi connectivity index (χ0n) is 15.2. The van der Waals surface area contributed by atoms with Crippen LogP contribution in [0.25, 0.3) is 10.9 Å². The Kier molecular flexibility index (Phi) is 5.24. The van der Waals surface area contributed by atoms with Gasteiger partial charge in [0.1, 0.15) is 5.69 Å². The molecule has 0 aliphatic rings. The summed E-state index contributed by atoms with van der Waals surface area (Å²) in [6.07, 6.45) is 6.03.